The van der Waals surface area contributed by atoms with Crippen molar-refractivity contribution >= 4 is 23.2 Å². The molecule has 2 aromatic rings. The van der Waals surface area contributed by atoms with Gasteiger partial charge in [0.05, 0.1) is 26.4 Å². The highest BCUT2D eigenvalue weighted by Gasteiger charge is 2.24. The molecule has 2 aromatic carbocycles. The topological polar surface area (TPSA) is 75.4 Å². The maximum atomic E-state index is 12.5. The molecule has 1 aliphatic heterocycles. The fourth-order valence-corrected chi connectivity index (χ4v) is 3.06. The number of nitrogens with one attached hydrogen (secondary N) is 2. The lowest BCUT2D eigenvalue weighted by atomic mass is 10.1. The van der Waals surface area contributed by atoms with Gasteiger partial charge in [-0.25, -0.2) is 5.01 Å². The van der Waals surface area contributed by atoms with Crippen LogP contribution in [0.25, 0.3) is 0 Å². The summed E-state index contributed by atoms with van der Waals surface area (Å²) < 4.78 is 5.15. The van der Waals surface area contributed by atoms with Crippen molar-refractivity contribution in [3.8, 4) is 5.75 Å². The Morgan fingerprint density at radius 1 is 1.14 bits per heavy atom. The van der Waals surface area contributed by atoms with Gasteiger partial charge in [-0.1, -0.05) is 36.4 Å². The molecule has 0 radical (unpaired) electrons. The van der Waals surface area contributed by atoms with Crippen molar-refractivity contribution in [2.24, 2.45) is 5.10 Å². The van der Waals surface area contributed by atoms with Gasteiger partial charge in [-0.3, -0.25) is 9.59 Å². The molecule has 7 nitrogen and oxygen atoms in total. The number of hydrazone groups is 1. The summed E-state index contributed by atoms with van der Waals surface area (Å²) in [6, 6.07) is 17.0. The van der Waals surface area contributed by atoms with E-state index in [-0.39, 0.29) is 24.9 Å². The molecule has 1 unspecified atom stereocenters. The number of carbonyl (C=O) groups is 2. The van der Waals surface area contributed by atoms with Crippen LogP contribution in [0.3, 0.4) is 0 Å². The second-order valence-corrected chi connectivity index (χ2v) is 6.77. The molecule has 2 amide bonds. The highest BCUT2D eigenvalue weighted by molar-refractivity contribution is 6.02. The van der Waals surface area contributed by atoms with Gasteiger partial charge in [-0.2, -0.15) is 5.10 Å². The molecule has 0 aliphatic carbocycles. The summed E-state index contributed by atoms with van der Waals surface area (Å²) in [6.45, 7) is 0.968. The van der Waals surface area contributed by atoms with Gasteiger partial charge in [-0.05, 0) is 17.7 Å². The molecule has 0 bridgehead atoms. The van der Waals surface area contributed by atoms with Crippen LogP contribution in [0.5, 0.6) is 5.75 Å². The minimum atomic E-state index is -0.159. The average molecular weight is 381 g/mol. The van der Waals surface area contributed by atoms with Gasteiger partial charge in [0.2, 0.25) is 0 Å². The lowest BCUT2D eigenvalue weighted by Crippen LogP contribution is -3.11. The Bertz CT molecular complexity index is 867. The fourth-order valence-electron chi connectivity index (χ4n) is 3.06. The molecule has 0 fully saturated rings. The molecule has 1 atom stereocenters. The van der Waals surface area contributed by atoms with Crippen LogP contribution in [-0.2, 0) is 9.59 Å². The molecule has 1 aliphatic rings. The Kier molecular flexibility index (Phi) is 6.39. The third-order valence-electron chi connectivity index (χ3n) is 4.47. The maximum absolute atomic E-state index is 12.5. The molecular formula is C21H25N4O3+. The lowest BCUT2D eigenvalue weighted by Gasteiger charge is -2.16. The number of hydrogen-bond donors (Lipinski definition) is 2. The quantitative estimate of drug-likeness (QED) is 0.745. The van der Waals surface area contributed by atoms with Crippen LogP contribution in [0.15, 0.2) is 59.7 Å². The number of amides is 2. The van der Waals surface area contributed by atoms with E-state index in [4.69, 9.17) is 4.74 Å². The Morgan fingerprint density at radius 2 is 1.93 bits per heavy atom. The van der Waals surface area contributed by atoms with E-state index in [0.717, 1.165) is 22.6 Å². The highest BCUT2D eigenvalue weighted by atomic mass is 16.5. The van der Waals surface area contributed by atoms with Gasteiger partial charge in [0.15, 0.2) is 13.1 Å². The van der Waals surface area contributed by atoms with Crippen molar-refractivity contribution in [2.45, 2.75) is 6.42 Å². The summed E-state index contributed by atoms with van der Waals surface area (Å²) >= 11 is 0. The molecule has 0 saturated heterocycles. The molecule has 146 valence electrons. The summed E-state index contributed by atoms with van der Waals surface area (Å²) in [6.07, 6.45) is 0.741. The van der Waals surface area contributed by atoms with Gasteiger partial charge < -0.3 is 15.0 Å². The molecule has 0 spiro atoms. The van der Waals surface area contributed by atoms with Crippen molar-refractivity contribution < 1.29 is 19.2 Å². The van der Waals surface area contributed by atoms with Crippen molar-refractivity contribution in [3.05, 3.63) is 60.2 Å². The summed E-state index contributed by atoms with van der Waals surface area (Å²) in [5.74, 6) is 0.431. The maximum Gasteiger partial charge on any atom is 0.297 e. The van der Waals surface area contributed by atoms with Gasteiger partial charge in [0.1, 0.15) is 5.75 Å². The zero-order valence-corrected chi connectivity index (χ0v) is 16.1. The number of ether oxygens (including phenoxy) is 1. The van der Waals surface area contributed by atoms with E-state index in [1.807, 2.05) is 49.5 Å². The largest absolute Gasteiger partial charge is 0.497 e. The second kappa shape index (κ2) is 9.14. The summed E-state index contributed by atoms with van der Waals surface area (Å²) in [5.41, 5.74) is 2.62. The summed E-state index contributed by atoms with van der Waals surface area (Å²) in [4.78, 5) is 25.5. The number of likely N-dealkylation sites (N-methyl/N-ethyl adjacent to an activating group) is 1. The first-order valence-electron chi connectivity index (χ1n) is 9.23. The van der Waals surface area contributed by atoms with E-state index >= 15 is 0 Å². The van der Waals surface area contributed by atoms with E-state index in [9.17, 15) is 9.59 Å². The number of methoxy groups -OCH3 is 1. The molecule has 28 heavy (non-hydrogen) atoms. The van der Waals surface area contributed by atoms with E-state index in [0.29, 0.717) is 18.0 Å². The Labute approximate surface area is 164 Å². The van der Waals surface area contributed by atoms with Crippen LogP contribution >= 0.6 is 0 Å². The first-order chi connectivity index (χ1) is 13.5. The molecule has 0 saturated carbocycles. The molecular weight excluding hydrogens is 356 g/mol. The highest BCUT2D eigenvalue weighted by Crippen LogP contribution is 2.16. The number of nitrogens with zero attached hydrogens (tertiary/aromatic N) is 2. The van der Waals surface area contributed by atoms with E-state index in [1.54, 1.807) is 19.2 Å². The van der Waals surface area contributed by atoms with Crippen LogP contribution in [0.2, 0.25) is 0 Å². The number of carbonyl (C=O) groups excluding carboxylic acids is 2. The third kappa shape index (κ3) is 5.17. The summed E-state index contributed by atoms with van der Waals surface area (Å²) in [5, 5.41) is 8.78. The lowest BCUT2D eigenvalue weighted by molar-refractivity contribution is -0.862. The van der Waals surface area contributed by atoms with E-state index < -0.39 is 0 Å². The number of hydrogen-bond acceptors (Lipinski definition) is 4. The van der Waals surface area contributed by atoms with Crippen molar-refractivity contribution in [3.63, 3.8) is 0 Å². The standard InChI is InChI=1S/C21H24N4O3/c1-24(14-20(26)22-17-9-6-10-18(13-17)28-2)15-21(27)25-12-11-19(23-25)16-7-4-3-5-8-16/h3-10,13H,11-12,14-15H2,1-2H3,(H,22,26)/p+1. The molecule has 7 heteroatoms. The zero-order chi connectivity index (χ0) is 19.9. The van der Waals surface area contributed by atoms with Gasteiger partial charge >= 0.3 is 0 Å². The molecule has 0 aromatic heterocycles. The van der Waals surface area contributed by atoms with Crippen LogP contribution in [-0.4, -0.2) is 56.3 Å². The van der Waals surface area contributed by atoms with Crippen molar-refractivity contribution in [1.82, 2.24) is 5.01 Å². The second-order valence-electron chi connectivity index (χ2n) is 6.77. The first kappa shape index (κ1) is 19.6. The SMILES string of the molecule is COc1cccc(NC(=O)C[NH+](C)CC(=O)N2CCC(c3ccccc3)=N2)c1. The Hall–Kier alpha value is -3.19. The zero-order valence-electron chi connectivity index (χ0n) is 16.1. The minimum Gasteiger partial charge on any atom is -0.497 e. The van der Waals surface area contributed by atoms with Gasteiger partial charge in [0.25, 0.3) is 11.8 Å². The van der Waals surface area contributed by atoms with Crippen molar-refractivity contribution in [1.29, 1.82) is 0 Å². The Morgan fingerprint density at radius 3 is 2.68 bits per heavy atom. The number of anilines is 1. The van der Waals surface area contributed by atoms with Gasteiger partial charge in [-0.15, -0.1) is 0 Å². The third-order valence-corrected chi connectivity index (χ3v) is 4.47. The number of rotatable bonds is 7. The first-order valence-corrected chi connectivity index (χ1v) is 9.23. The van der Waals surface area contributed by atoms with Crippen molar-refractivity contribution in [2.75, 3.05) is 39.1 Å². The number of benzene rings is 2. The molecule has 1 heterocycles. The van der Waals surface area contributed by atoms with Gasteiger partial charge in [0, 0.05) is 18.2 Å². The monoisotopic (exact) mass is 381 g/mol. The minimum absolute atomic E-state index is 0.0855. The Balaban J connectivity index is 1.50. The smallest absolute Gasteiger partial charge is 0.297 e. The predicted molar refractivity (Wildman–Crippen MR) is 108 cm³/mol. The number of quaternary nitrogens is 1. The van der Waals surface area contributed by atoms with Crippen LogP contribution < -0.4 is 15.0 Å². The van der Waals surface area contributed by atoms with Crippen LogP contribution in [0, 0.1) is 0 Å². The van der Waals surface area contributed by atoms with E-state index in [2.05, 4.69) is 10.4 Å². The molecule has 3 rings (SSSR count). The molecule has 2 N–H and O–H groups in total. The van der Waals surface area contributed by atoms with E-state index in [1.165, 1.54) is 5.01 Å². The fraction of sp³-hybridized carbons (Fsp3) is 0.286. The average Bonchev–Trinajstić information content (AvgIpc) is 3.19. The normalized spacial score (nSPS) is 14.4. The van der Waals surface area contributed by atoms with Crippen LogP contribution in [0.1, 0.15) is 12.0 Å². The summed E-state index contributed by atoms with van der Waals surface area (Å²) in [7, 11) is 3.40. The van der Waals surface area contributed by atoms with Crippen LogP contribution in [0.4, 0.5) is 5.69 Å². The predicted octanol–water partition coefficient (Wildman–Crippen LogP) is 0.785.